The van der Waals surface area contributed by atoms with Crippen molar-refractivity contribution in [3.8, 4) is 6.07 Å². The van der Waals surface area contributed by atoms with E-state index in [4.69, 9.17) is 5.26 Å². The Balaban J connectivity index is 1.96. The van der Waals surface area contributed by atoms with Crippen LogP contribution in [0, 0.1) is 17.2 Å². The van der Waals surface area contributed by atoms with Crippen LogP contribution in [0.25, 0.3) is 0 Å². The maximum absolute atomic E-state index is 12.5. The van der Waals surface area contributed by atoms with Crippen LogP contribution in [0.3, 0.4) is 0 Å². The minimum atomic E-state index is -0.743. The van der Waals surface area contributed by atoms with Crippen molar-refractivity contribution in [2.75, 3.05) is 17.2 Å². The third kappa shape index (κ3) is 7.24. The summed E-state index contributed by atoms with van der Waals surface area (Å²) >= 11 is 0. The van der Waals surface area contributed by atoms with Crippen LogP contribution >= 0.6 is 0 Å². The zero-order valence-corrected chi connectivity index (χ0v) is 16.8. The number of nitriles is 1. The van der Waals surface area contributed by atoms with Gasteiger partial charge in [0.1, 0.15) is 18.4 Å². The van der Waals surface area contributed by atoms with Crippen LogP contribution in [-0.2, 0) is 4.79 Å². The number of anilines is 2. The average molecular weight is 408 g/mol. The van der Waals surface area contributed by atoms with Gasteiger partial charge in [-0.2, -0.15) is 5.26 Å². The van der Waals surface area contributed by atoms with Crippen molar-refractivity contribution in [3.63, 3.8) is 0 Å². The second kappa shape index (κ2) is 11.2. The van der Waals surface area contributed by atoms with Crippen molar-refractivity contribution in [1.82, 2.24) is 15.6 Å². The zero-order chi connectivity index (χ0) is 21.9. The molecular weight excluding hydrogens is 384 g/mol. The third-order valence-corrected chi connectivity index (χ3v) is 3.98. The first-order chi connectivity index (χ1) is 14.4. The first-order valence-corrected chi connectivity index (χ1v) is 9.43. The number of pyridine rings is 1. The predicted molar refractivity (Wildman–Crippen MR) is 113 cm³/mol. The van der Waals surface area contributed by atoms with E-state index in [9.17, 15) is 14.4 Å². The summed E-state index contributed by atoms with van der Waals surface area (Å²) in [5.74, 6) is -0.232. The van der Waals surface area contributed by atoms with E-state index in [-0.39, 0.29) is 12.5 Å². The van der Waals surface area contributed by atoms with Crippen molar-refractivity contribution in [2.24, 2.45) is 5.92 Å². The molecule has 0 aliphatic heterocycles. The number of carbonyl (C=O) groups excluding carboxylic acids is 3. The monoisotopic (exact) mass is 408 g/mol. The molecule has 0 aliphatic rings. The highest BCUT2D eigenvalue weighted by atomic mass is 16.2. The fourth-order valence-corrected chi connectivity index (χ4v) is 2.61. The highest BCUT2D eigenvalue weighted by Gasteiger charge is 2.22. The summed E-state index contributed by atoms with van der Waals surface area (Å²) in [5.41, 5.74) is 0.831. The Morgan fingerprint density at radius 2 is 1.80 bits per heavy atom. The van der Waals surface area contributed by atoms with Gasteiger partial charge in [0.25, 0.3) is 5.91 Å². The number of amides is 4. The molecule has 0 spiro atoms. The molecule has 0 aliphatic carbocycles. The van der Waals surface area contributed by atoms with Crippen molar-refractivity contribution in [1.29, 1.82) is 5.26 Å². The summed E-state index contributed by atoms with van der Waals surface area (Å²) < 4.78 is 0. The van der Waals surface area contributed by atoms with Gasteiger partial charge in [-0.1, -0.05) is 19.9 Å². The zero-order valence-electron chi connectivity index (χ0n) is 16.8. The fourth-order valence-electron chi connectivity index (χ4n) is 2.61. The molecule has 2 aromatic rings. The van der Waals surface area contributed by atoms with Crippen molar-refractivity contribution < 1.29 is 14.4 Å². The largest absolute Gasteiger partial charge is 0.341 e. The van der Waals surface area contributed by atoms with Gasteiger partial charge in [0.05, 0.1) is 6.07 Å². The number of urea groups is 1. The molecule has 156 valence electrons. The number of benzene rings is 1. The summed E-state index contributed by atoms with van der Waals surface area (Å²) in [7, 11) is 0. The normalized spacial score (nSPS) is 11.1. The van der Waals surface area contributed by atoms with Crippen molar-refractivity contribution in [3.05, 3.63) is 54.2 Å². The Labute approximate surface area is 174 Å². The average Bonchev–Trinajstić information content (AvgIpc) is 2.72. The van der Waals surface area contributed by atoms with E-state index in [1.165, 1.54) is 0 Å². The summed E-state index contributed by atoms with van der Waals surface area (Å²) in [6, 6.07) is 12.1. The summed E-state index contributed by atoms with van der Waals surface area (Å²) in [4.78, 5) is 40.7. The van der Waals surface area contributed by atoms with E-state index in [0.29, 0.717) is 23.5 Å². The molecule has 9 nitrogen and oxygen atoms in total. The lowest BCUT2D eigenvalue weighted by molar-refractivity contribution is -0.123. The molecule has 0 fully saturated rings. The minimum Gasteiger partial charge on any atom is -0.341 e. The SMILES string of the molecule is CC(C)CC(NC(=O)c1ccc(NC(=O)Nc2ccccn2)cc1)C(=O)NCC#N. The lowest BCUT2D eigenvalue weighted by Gasteiger charge is -2.19. The maximum atomic E-state index is 12.5. The van der Waals surface area contributed by atoms with E-state index in [2.05, 4.69) is 26.3 Å². The summed E-state index contributed by atoms with van der Waals surface area (Å²) in [5, 5.41) is 19.0. The first-order valence-electron chi connectivity index (χ1n) is 9.43. The Morgan fingerprint density at radius 3 is 2.40 bits per heavy atom. The van der Waals surface area contributed by atoms with E-state index < -0.39 is 23.9 Å². The topological polar surface area (TPSA) is 136 Å². The number of carbonyl (C=O) groups is 3. The Hall–Kier alpha value is -3.93. The number of rotatable bonds is 8. The molecule has 0 saturated carbocycles. The quantitative estimate of drug-likeness (QED) is 0.498. The van der Waals surface area contributed by atoms with Crippen molar-refractivity contribution in [2.45, 2.75) is 26.3 Å². The molecule has 1 aromatic heterocycles. The summed E-state index contributed by atoms with van der Waals surface area (Å²) in [6.45, 7) is 3.75. The Morgan fingerprint density at radius 1 is 1.07 bits per heavy atom. The van der Waals surface area contributed by atoms with Crippen LogP contribution in [0.1, 0.15) is 30.6 Å². The van der Waals surface area contributed by atoms with Gasteiger partial charge in [-0.3, -0.25) is 14.9 Å². The van der Waals surface area contributed by atoms with Crippen LogP contribution in [0.4, 0.5) is 16.3 Å². The van der Waals surface area contributed by atoms with E-state index >= 15 is 0 Å². The molecule has 1 heterocycles. The highest BCUT2D eigenvalue weighted by molar-refractivity contribution is 6.00. The molecule has 4 N–H and O–H groups in total. The minimum absolute atomic E-state index is 0.121. The molecule has 9 heteroatoms. The fraction of sp³-hybridized carbons (Fsp3) is 0.286. The van der Waals surface area contributed by atoms with Gasteiger partial charge in [0, 0.05) is 17.4 Å². The van der Waals surface area contributed by atoms with Crippen LogP contribution in [0.15, 0.2) is 48.7 Å². The molecule has 30 heavy (non-hydrogen) atoms. The molecule has 4 amide bonds. The molecule has 1 aromatic carbocycles. The molecule has 0 radical (unpaired) electrons. The third-order valence-electron chi connectivity index (χ3n) is 3.98. The molecule has 0 bridgehead atoms. The van der Waals surface area contributed by atoms with E-state index in [1.807, 2.05) is 19.9 Å². The van der Waals surface area contributed by atoms with E-state index in [0.717, 1.165) is 0 Å². The van der Waals surface area contributed by atoms with Gasteiger partial charge in [-0.15, -0.1) is 0 Å². The van der Waals surface area contributed by atoms with Gasteiger partial charge in [-0.25, -0.2) is 9.78 Å². The molecular formula is C21H24N6O3. The van der Waals surface area contributed by atoms with Gasteiger partial charge in [0.2, 0.25) is 5.91 Å². The van der Waals surface area contributed by atoms with Gasteiger partial charge in [0.15, 0.2) is 0 Å². The highest BCUT2D eigenvalue weighted by Crippen LogP contribution is 2.12. The number of hydrogen-bond acceptors (Lipinski definition) is 5. The van der Waals surface area contributed by atoms with Gasteiger partial charge >= 0.3 is 6.03 Å². The van der Waals surface area contributed by atoms with Crippen LogP contribution in [0.5, 0.6) is 0 Å². The first kappa shape index (κ1) is 22.4. The van der Waals surface area contributed by atoms with Gasteiger partial charge in [-0.05, 0) is 48.7 Å². The van der Waals surface area contributed by atoms with Crippen LogP contribution in [-0.4, -0.2) is 35.4 Å². The van der Waals surface area contributed by atoms with Crippen molar-refractivity contribution >= 4 is 29.4 Å². The second-order valence-corrected chi connectivity index (χ2v) is 6.90. The number of nitrogens with zero attached hydrogens (tertiary/aromatic N) is 2. The van der Waals surface area contributed by atoms with Crippen LogP contribution < -0.4 is 21.3 Å². The smallest absolute Gasteiger partial charge is 0.324 e. The van der Waals surface area contributed by atoms with Crippen LogP contribution in [0.2, 0.25) is 0 Å². The molecule has 1 atom stereocenters. The van der Waals surface area contributed by atoms with Gasteiger partial charge < -0.3 is 16.0 Å². The number of aromatic nitrogens is 1. The lowest BCUT2D eigenvalue weighted by atomic mass is 10.0. The Kier molecular flexibility index (Phi) is 8.32. The molecule has 0 saturated heterocycles. The molecule has 1 unspecified atom stereocenters. The van der Waals surface area contributed by atoms with E-state index in [1.54, 1.807) is 48.7 Å². The Bertz CT molecular complexity index is 907. The molecule has 2 rings (SSSR count). The lowest BCUT2D eigenvalue weighted by Crippen LogP contribution is -2.47. The maximum Gasteiger partial charge on any atom is 0.324 e. The standard InChI is InChI=1S/C21H24N6O3/c1-14(2)13-17(20(29)24-12-10-22)26-19(28)15-6-8-16(9-7-15)25-21(30)27-18-5-3-4-11-23-18/h3-9,11,14,17H,12-13H2,1-2H3,(H,24,29)(H,26,28)(H2,23,25,27,30). The second-order valence-electron chi connectivity index (χ2n) is 6.90. The number of nitrogens with one attached hydrogen (secondary N) is 4. The summed E-state index contributed by atoms with van der Waals surface area (Å²) in [6.07, 6.45) is 2.01. The predicted octanol–water partition coefficient (Wildman–Crippen LogP) is 2.51. The number of hydrogen-bond donors (Lipinski definition) is 4.